The van der Waals surface area contributed by atoms with Gasteiger partial charge in [0, 0.05) is 6.07 Å². The summed E-state index contributed by atoms with van der Waals surface area (Å²) in [6, 6.07) is 9.10. The van der Waals surface area contributed by atoms with E-state index in [0.717, 1.165) is 24.3 Å². The fourth-order valence-corrected chi connectivity index (χ4v) is 3.60. The summed E-state index contributed by atoms with van der Waals surface area (Å²) in [6.07, 6.45) is 0. The van der Waals surface area contributed by atoms with Crippen LogP contribution in [-0.4, -0.2) is 31.0 Å². The quantitative estimate of drug-likeness (QED) is 0.626. The van der Waals surface area contributed by atoms with Gasteiger partial charge in [0.15, 0.2) is 4.90 Å². The average molecular weight is 354 g/mol. The standard InChI is InChI=1S/C14H11FN2O6S/c15-10-5-1-2-6-11(10)16(9-14(18)19)24(22,23)13-8-4-3-7-12(13)17(20)21/h1-8H,9H2,(H,18,19). The van der Waals surface area contributed by atoms with Crippen molar-refractivity contribution in [2.24, 2.45) is 0 Å². The molecule has 0 aliphatic carbocycles. The fraction of sp³-hybridized carbons (Fsp3) is 0.0714. The number of hydrogen-bond acceptors (Lipinski definition) is 5. The zero-order chi connectivity index (χ0) is 17.9. The van der Waals surface area contributed by atoms with E-state index < -0.39 is 49.5 Å². The topological polar surface area (TPSA) is 118 Å². The predicted octanol–water partition coefficient (Wildman–Crippen LogP) is 2.01. The molecule has 0 aromatic heterocycles. The van der Waals surface area contributed by atoms with Crippen molar-refractivity contribution in [3.8, 4) is 0 Å². The minimum absolute atomic E-state index is 0.285. The number of para-hydroxylation sites is 2. The Bertz CT molecular complexity index is 900. The number of nitrogens with zero attached hydrogens (tertiary/aromatic N) is 2. The van der Waals surface area contributed by atoms with Crippen molar-refractivity contribution in [2.45, 2.75) is 4.90 Å². The largest absolute Gasteiger partial charge is 0.480 e. The smallest absolute Gasteiger partial charge is 0.324 e. The molecule has 0 heterocycles. The Kier molecular flexibility index (Phi) is 4.79. The maximum atomic E-state index is 14.0. The van der Waals surface area contributed by atoms with E-state index in [1.54, 1.807) is 0 Å². The molecule has 0 radical (unpaired) electrons. The summed E-state index contributed by atoms with van der Waals surface area (Å²) in [4.78, 5) is 20.4. The number of benzene rings is 2. The third-order valence-corrected chi connectivity index (χ3v) is 4.84. The predicted molar refractivity (Wildman–Crippen MR) is 81.7 cm³/mol. The Labute approximate surface area is 136 Å². The zero-order valence-corrected chi connectivity index (χ0v) is 12.8. The summed E-state index contributed by atoms with van der Waals surface area (Å²) in [7, 11) is -4.68. The van der Waals surface area contributed by atoms with Crippen LogP contribution in [0.25, 0.3) is 0 Å². The molecule has 2 aromatic carbocycles. The Morgan fingerprint density at radius 3 is 2.33 bits per heavy atom. The number of hydrogen-bond donors (Lipinski definition) is 1. The van der Waals surface area contributed by atoms with Crippen molar-refractivity contribution < 1.29 is 27.6 Å². The van der Waals surface area contributed by atoms with Crippen molar-refractivity contribution in [3.63, 3.8) is 0 Å². The second kappa shape index (κ2) is 6.62. The first-order valence-electron chi connectivity index (χ1n) is 6.47. The number of carbonyl (C=O) groups is 1. The summed E-state index contributed by atoms with van der Waals surface area (Å²) in [5.74, 6) is -2.51. The molecule has 126 valence electrons. The lowest BCUT2D eigenvalue weighted by atomic mass is 10.3. The van der Waals surface area contributed by atoms with Crippen LogP contribution in [-0.2, 0) is 14.8 Å². The molecule has 8 nitrogen and oxygen atoms in total. The minimum atomic E-state index is -4.68. The molecular weight excluding hydrogens is 343 g/mol. The number of carboxylic acids is 1. The molecule has 24 heavy (non-hydrogen) atoms. The number of nitro groups is 1. The van der Waals surface area contributed by atoms with Crippen LogP contribution in [0.2, 0.25) is 0 Å². The Hall–Kier alpha value is -3.01. The maximum Gasteiger partial charge on any atom is 0.324 e. The molecule has 0 aliphatic rings. The lowest BCUT2D eigenvalue weighted by Gasteiger charge is -2.22. The van der Waals surface area contributed by atoms with Gasteiger partial charge in [-0.05, 0) is 18.2 Å². The zero-order valence-electron chi connectivity index (χ0n) is 12.0. The van der Waals surface area contributed by atoms with Crippen molar-refractivity contribution in [1.82, 2.24) is 0 Å². The van der Waals surface area contributed by atoms with Gasteiger partial charge in [-0.2, -0.15) is 0 Å². The van der Waals surface area contributed by atoms with Gasteiger partial charge in [-0.25, -0.2) is 12.8 Å². The first-order valence-corrected chi connectivity index (χ1v) is 7.91. The number of halogens is 1. The van der Waals surface area contributed by atoms with Gasteiger partial charge in [0.1, 0.15) is 12.4 Å². The highest BCUT2D eigenvalue weighted by Crippen LogP contribution is 2.30. The SMILES string of the molecule is O=C(O)CN(c1ccccc1F)S(=O)(=O)c1ccccc1[N+](=O)[O-]. The third-order valence-electron chi connectivity index (χ3n) is 3.03. The van der Waals surface area contributed by atoms with Crippen LogP contribution in [0.15, 0.2) is 53.4 Å². The highest BCUT2D eigenvalue weighted by atomic mass is 32.2. The third kappa shape index (κ3) is 3.33. The fourth-order valence-electron chi connectivity index (χ4n) is 2.02. The number of anilines is 1. The second-order valence-corrected chi connectivity index (χ2v) is 6.41. The highest BCUT2D eigenvalue weighted by Gasteiger charge is 2.34. The van der Waals surface area contributed by atoms with Crippen LogP contribution in [0.1, 0.15) is 0 Å². The van der Waals surface area contributed by atoms with E-state index in [4.69, 9.17) is 5.11 Å². The molecule has 0 unspecified atom stereocenters. The lowest BCUT2D eigenvalue weighted by molar-refractivity contribution is -0.387. The van der Waals surface area contributed by atoms with Crippen LogP contribution in [0.4, 0.5) is 15.8 Å². The van der Waals surface area contributed by atoms with Crippen LogP contribution >= 0.6 is 0 Å². The molecule has 0 bridgehead atoms. The van der Waals surface area contributed by atoms with E-state index >= 15 is 0 Å². The van der Waals surface area contributed by atoms with Crippen molar-refractivity contribution in [1.29, 1.82) is 0 Å². The van der Waals surface area contributed by atoms with Crippen LogP contribution in [0.3, 0.4) is 0 Å². The summed E-state index contributed by atoms with van der Waals surface area (Å²) in [5.41, 5.74) is -1.25. The van der Waals surface area contributed by atoms with Gasteiger partial charge in [-0.15, -0.1) is 0 Å². The van der Waals surface area contributed by atoms with E-state index in [0.29, 0.717) is 0 Å². The lowest BCUT2D eigenvalue weighted by Crippen LogP contribution is -2.36. The molecule has 0 amide bonds. The molecule has 10 heteroatoms. The Morgan fingerprint density at radius 2 is 1.75 bits per heavy atom. The van der Waals surface area contributed by atoms with E-state index in [2.05, 4.69) is 0 Å². The summed E-state index contributed by atoms with van der Waals surface area (Å²) >= 11 is 0. The van der Waals surface area contributed by atoms with E-state index in [-0.39, 0.29) is 4.31 Å². The van der Waals surface area contributed by atoms with E-state index in [1.807, 2.05) is 0 Å². The number of carboxylic acid groups (broad SMARTS) is 1. The Balaban J connectivity index is 2.68. The van der Waals surface area contributed by atoms with Crippen LogP contribution < -0.4 is 4.31 Å². The summed E-state index contributed by atoms with van der Waals surface area (Å²) < 4.78 is 39.7. The van der Waals surface area contributed by atoms with Crippen molar-refractivity contribution >= 4 is 27.4 Å². The van der Waals surface area contributed by atoms with Crippen molar-refractivity contribution in [3.05, 3.63) is 64.5 Å². The van der Waals surface area contributed by atoms with Gasteiger partial charge in [-0.3, -0.25) is 19.2 Å². The average Bonchev–Trinajstić information content (AvgIpc) is 2.53. The molecule has 2 aromatic rings. The number of aliphatic carboxylic acids is 1. The molecule has 0 atom stereocenters. The minimum Gasteiger partial charge on any atom is -0.480 e. The molecule has 1 N–H and O–H groups in total. The van der Waals surface area contributed by atoms with Crippen LogP contribution in [0.5, 0.6) is 0 Å². The molecule has 0 spiro atoms. The van der Waals surface area contributed by atoms with Gasteiger partial charge < -0.3 is 5.11 Å². The summed E-state index contributed by atoms with van der Waals surface area (Å²) in [6.45, 7) is -1.09. The Morgan fingerprint density at radius 1 is 1.17 bits per heavy atom. The van der Waals surface area contributed by atoms with Gasteiger partial charge in [-0.1, -0.05) is 24.3 Å². The maximum absolute atomic E-state index is 14.0. The van der Waals surface area contributed by atoms with Crippen LogP contribution in [0, 0.1) is 15.9 Å². The van der Waals surface area contributed by atoms with Gasteiger partial charge >= 0.3 is 5.97 Å². The molecule has 0 aliphatic heterocycles. The first-order chi connectivity index (χ1) is 11.2. The first kappa shape index (κ1) is 17.3. The number of rotatable bonds is 6. The monoisotopic (exact) mass is 354 g/mol. The number of sulfonamides is 1. The normalized spacial score (nSPS) is 11.0. The second-order valence-electron chi connectivity index (χ2n) is 4.58. The van der Waals surface area contributed by atoms with Crippen molar-refractivity contribution in [2.75, 3.05) is 10.8 Å². The molecule has 2 rings (SSSR count). The number of nitro benzene ring substituents is 1. The molecular formula is C14H11FN2O6S. The van der Waals surface area contributed by atoms with E-state index in [1.165, 1.54) is 24.3 Å². The highest BCUT2D eigenvalue weighted by molar-refractivity contribution is 7.93. The molecule has 0 fully saturated rings. The van der Waals surface area contributed by atoms with E-state index in [9.17, 15) is 27.7 Å². The molecule has 0 saturated carbocycles. The molecule has 0 saturated heterocycles. The summed E-state index contributed by atoms with van der Waals surface area (Å²) in [5, 5.41) is 20.0. The van der Waals surface area contributed by atoms with Gasteiger partial charge in [0.2, 0.25) is 0 Å². The van der Waals surface area contributed by atoms with Gasteiger partial charge in [0.05, 0.1) is 10.6 Å². The van der Waals surface area contributed by atoms with Gasteiger partial charge in [0.25, 0.3) is 15.7 Å².